The molecular formula is C18H9ClF6N4O4. The van der Waals surface area contributed by atoms with Crippen LogP contribution in [0.15, 0.2) is 48.8 Å². The normalized spacial score (nSPS) is 11.7. The SMILES string of the molecule is O=C(Nc1ccc[n+]([O-])c1)c1cc(C(F)(F)F)nnc1Oc1ccc(OC(F)(F)F)cc1Cl. The Kier molecular flexibility index (Phi) is 6.48. The van der Waals surface area contributed by atoms with Gasteiger partial charge in [0, 0.05) is 12.1 Å². The van der Waals surface area contributed by atoms with Crippen LogP contribution in [0, 0.1) is 5.21 Å². The van der Waals surface area contributed by atoms with E-state index in [9.17, 15) is 36.3 Å². The number of aromatic nitrogens is 3. The van der Waals surface area contributed by atoms with Crippen LogP contribution in [0.4, 0.5) is 32.0 Å². The van der Waals surface area contributed by atoms with Crippen molar-refractivity contribution >= 4 is 23.2 Å². The van der Waals surface area contributed by atoms with Gasteiger partial charge in [-0.3, -0.25) is 4.79 Å². The van der Waals surface area contributed by atoms with E-state index in [2.05, 4.69) is 20.3 Å². The average molecular weight is 495 g/mol. The standard InChI is InChI=1S/C18H9ClF6N4O4/c19-12-6-10(33-18(23,24)25)3-4-13(12)32-16-11(7-14(27-28-16)17(20,21)22)15(30)26-9-2-1-5-29(31)8-9/h1-8H,(H,26,30). The van der Waals surface area contributed by atoms with Crippen molar-refractivity contribution in [1.82, 2.24) is 10.2 Å². The third-order valence-corrected chi connectivity index (χ3v) is 3.97. The molecule has 15 heteroatoms. The number of nitrogens with zero attached hydrogens (tertiary/aromatic N) is 3. The van der Waals surface area contributed by atoms with Crippen LogP contribution in [0.5, 0.6) is 17.4 Å². The van der Waals surface area contributed by atoms with Crippen LogP contribution in [0.25, 0.3) is 0 Å². The second-order valence-electron chi connectivity index (χ2n) is 6.09. The number of nitrogens with one attached hydrogen (secondary N) is 1. The average Bonchev–Trinajstić information content (AvgIpc) is 2.68. The Labute approximate surface area is 184 Å². The van der Waals surface area contributed by atoms with Crippen LogP contribution in [0.3, 0.4) is 0 Å². The first-order valence-electron chi connectivity index (χ1n) is 8.50. The first-order valence-corrected chi connectivity index (χ1v) is 8.88. The molecule has 0 atom stereocenters. The molecule has 0 saturated carbocycles. The lowest BCUT2D eigenvalue weighted by Crippen LogP contribution is -2.26. The van der Waals surface area contributed by atoms with E-state index >= 15 is 0 Å². The maximum atomic E-state index is 13.1. The predicted octanol–water partition coefficient (Wildman–Crippen LogP) is 4.73. The lowest BCUT2D eigenvalue weighted by Gasteiger charge is -2.14. The molecular weight excluding hydrogens is 486 g/mol. The predicted molar refractivity (Wildman–Crippen MR) is 98.6 cm³/mol. The van der Waals surface area contributed by atoms with Gasteiger partial charge in [0.05, 0.1) is 5.02 Å². The fourth-order valence-electron chi connectivity index (χ4n) is 2.35. The van der Waals surface area contributed by atoms with Gasteiger partial charge in [-0.15, -0.1) is 23.4 Å². The summed E-state index contributed by atoms with van der Waals surface area (Å²) in [5, 5.41) is 19.3. The second-order valence-corrected chi connectivity index (χ2v) is 6.50. The molecule has 2 aromatic heterocycles. The highest BCUT2D eigenvalue weighted by atomic mass is 35.5. The number of hydrogen-bond donors (Lipinski definition) is 1. The number of carbonyl (C=O) groups excluding carboxylic acids is 1. The molecule has 1 amide bonds. The summed E-state index contributed by atoms with van der Waals surface area (Å²) in [6.07, 6.45) is -7.91. The number of anilines is 1. The molecule has 1 aromatic carbocycles. The van der Waals surface area contributed by atoms with Crippen molar-refractivity contribution in [3.05, 3.63) is 70.3 Å². The van der Waals surface area contributed by atoms with Crippen molar-refractivity contribution in [2.75, 3.05) is 5.32 Å². The second kappa shape index (κ2) is 8.97. The summed E-state index contributed by atoms with van der Waals surface area (Å²) in [6, 6.07) is 5.39. The van der Waals surface area contributed by atoms with E-state index in [-0.39, 0.29) is 11.4 Å². The van der Waals surface area contributed by atoms with Gasteiger partial charge in [0.2, 0.25) is 6.20 Å². The molecule has 174 valence electrons. The molecule has 0 radical (unpaired) electrons. The zero-order chi connectivity index (χ0) is 24.4. The van der Waals surface area contributed by atoms with Gasteiger partial charge in [0.1, 0.15) is 22.7 Å². The summed E-state index contributed by atoms with van der Waals surface area (Å²) in [6.45, 7) is 0. The van der Waals surface area contributed by atoms with E-state index in [1.807, 2.05) is 0 Å². The minimum atomic E-state index is -4.99. The van der Waals surface area contributed by atoms with E-state index in [4.69, 9.17) is 16.3 Å². The van der Waals surface area contributed by atoms with Crippen LogP contribution in [-0.2, 0) is 6.18 Å². The van der Waals surface area contributed by atoms with Crippen molar-refractivity contribution in [3.8, 4) is 17.4 Å². The molecule has 0 fully saturated rings. The van der Waals surface area contributed by atoms with E-state index < -0.39 is 46.4 Å². The monoisotopic (exact) mass is 494 g/mol. The lowest BCUT2D eigenvalue weighted by atomic mass is 10.2. The van der Waals surface area contributed by atoms with E-state index in [0.29, 0.717) is 10.8 Å². The zero-order valence-corrected chi connectivity index (χ0v) is 16.5. The third-order valence-electron chi connectivity index (χ3n) is 3.67. The summed E-state index contributed by atoms with van der Waals surface area (Å²) in [7, 11) is 0. The van der Waals surface area contributed by atoms with Crippen LogP contribution in [-0.4, -0.2) is 22.5 Å². The van der Waals surface area contributed by atoms with Crippen LogP contribution in [0.1, 0.15) is 16.1 Å². The minimum Gasteiger partial charge on any atom is -0.619 e. The van der Waals surface area contributed by atoms with Crippen LogP contribution < -0.4 is 19.5 Å². The molecule has 0 bridgehead atoms. The van der Waals surface area contributed by atoms with Gasteiger partial charge >= 0.3 is 12.5 Å². The first-order chi connectivity index (χ1) is 15.3. The highest BCUT2D eigenvalue weighted by Gasteiger charge is 2.35. The smallest absolute Gasteiger partial charge is 0.573 e. The van der Waals surface area contributed by atoms with Gasteiger partial charge in [-0.25, -0.2) is 0 Å². The van der Waals surface area contributed by atoms with E-state index in [1.54, 1.807) is 0 Å². The number of halogens is 7. The molecule has 0 aliphatic heterocycles. The Hall–Kier alpha value is -3.81. The topological polar surface area (TPSA) is 100 Å². The number of carbonyl (C=O) groups is 1. The molecule has 0 spiro atoms. The third kappa shape index (κ3) is 6.35. The van der Waals surface area contributed by atoms with Crippen molar-refractivity contribution in [3.63, 3.8) is 0 Å². The van der Waals surface area contributed by atoms with Gasteiger partial charge < -0.3 is 20.0 Å². The molecule has 1 N–H and O–H groups in total. The Balaban J connectivity index is 1.95. The lowest BCUT2D eigenvalue weighted by molar-refractivity contribution is -0.604. The summed E-state index contributed by atoms with van der Waals surface area (Å²) >= 11 is 5.85. The Morgan fingerprint density at radius 2 is 1.82 bits per heavy atom. The largest absolute Gasteiger partial charge is 0.619 e. The maximum Gasteiger partial charge on any atom is 0.573 e. The van der Waals surface area contributed by atoms with Crippen LogP contribution >= 0.6 is 11.6 Å². The molecule has 3 aromatic rings. The van der Waals surface area contributed by atoms with E-state index in [0.717, 1.165) is 30.6 Å². The van der Waals surface area contributed by atoms with Gasteiger partial charge in [-0.05, 0) is 24.3 Å². The molecule has 8 nitrogen and oxygen atoms in total. The van der Waals surface area contributed by atoms with Crippen molar-refractivity contribution in [2.24, 2.45) is 0 Å². The van der Waals surface area contributed by atoms with Crippen LogP contribution in [0.2, 0.25) is 5.02 Å². The molecule has 2 heterocycles. The van der Waals surface area contributed by atoms with Gasteiger partial charge in [-0.2, -0.15) is 17.9 Å². The fraction of sp³-hybridized carbons (Fsp3) is 0.111. The van der Waals surface area contributed by atoms with Gasteiger partial charge in [0.25, 0.3) is 11.8 Å². The quantitative estimate of drug-likeness (QED) is 0.313. The zero-order valence-electron chi connectivity index (χ0n) is 15.7. The minimum absolute atomic E-state index is 0.0551. The first kappa shape index (κ1) is 23.8. The molecule has 0 aliphatic carbocycles. The molecule has 0 unspecified atom stereocenters. The number of rotatable bonds is 5. The van der Waals surface area contributed by atoms with E-state index in [1.165, 1.54) is 12.1 Å². The van der Waals surface area contributed by atoms with Gasteiger partial charge in [0.15, 0.2) is 11.9 Å². The molecule has 0 aliphatic rings. The summed E-state index contributed by atoms with van der Waals surface area (Å²) in [5.41, 5.74) is -2.32. The summed E-state index contributed by atoms with van der Waals surface area (Å²) in [4.78, 5) is 12.6. The number of benzene rings is 1. The summed E-state index contributed by atoms with van der Waals surface area (Å²) < 4.78 is 85.5. The van der Waals surface area contributed by atoms with Gasteiger partial charge in [-0.1, -0.05) is 11.6 Å². The molecule has 0 saturated heterocycles. The van der Waals surface area contributed by atoms with Crippen molar-refractivity contribution < 1.29 is 45.3 Å². The fourth-order valence-corrected chi connectivity index (χ4v) is 2.56. The number of alkyl halides is 6. The highest BCUT2D eigenvalue weighted by molar-refractivity contribution is 6.32. The Morgan fingerprint density at radius 3 is 2.42 bits per heavy atom. The Bertz CT molecular complexity index is 1190. The molecule has 3 rings (SSSR count). The summed E-state index contributed by atoms with van der Waals surface area (Å²) in [5.74, 6) is -2.93. The number of amides is 1. The number of hydrogen-bond acceptors (Lipinski definition) is 6. The molecule has 33 heavy (non-hydrogen) atoms. The number of ether oxygens (including phenoxy) is 2. The Morgan fingerprint density at radius 1 is 1.09 bits per heavy atom. The number of pyridine rings is 1. The van der Waals surface area contributed by atoms with Crippen molar-refractivity contribution in [1.29, 1.82) is 0 Å². The highest BCUT2D eigenvalue weighted by Crippen LogP contribution is 2.36. The maximum absolute atomic E-state index is 13.1. The van der Waals surface area contributed by atoms with Crippen molar-refractivity contribution in [2.45, 2.75) is 12.5 Å².